The third-order valence-corrected chi connectivity index (χ3v) is 3.25. The van der Waals surface area contributed by atoms with Crippen LogP contribution < -0.4 is 10.2 Å². The van der Waals surface area contributed by atoms with Crippen LogP contribution in [-0.2, 0) is 0 Å². The predicted octanol–water partition coefficient (Wildman–Crippen LogP) is 2.14. The Balaban J connectivity index is 2.10. The summed E-state index contributed by atoms with van der Waals surface area (Å²) in [6, 6.07) is 2.02. The van der Waals surface area contributed by atoms with E-state index in [9.17, 15) is 0 Å². The van der Waals surface area contributed by atoms with E-state index in [1.54, 1.807) is 6.33 Å². The molecule has 1 aliphatic heterocycles. The number of anilines is 2. The van der Waals surface area contributed by atoms with Gasteiger partial charge in [0.15, 0.2) is 0 Å². The molecule has 1 aromatic heterocycles. The zero-order valence-electron chi connectivity index (χ0n) is 10.1. The van der Waals surface area contributed by atoms with Crippen LogP contribution in [0.4, 0.5) is 11.6 Å². The second-order valence-corrected chi connectivity index (χ2v) is 4.53. The van der Waals surface area contributed by atoms with Crippen molar-refractivity contribution in [3.63, 3.8) is 0 Å². The van der Waals surface area contributed by atoms with Crippen molar-refractivity contribution in [2.24, 2.45) is 5.92 Å². The molecule has 16 heavy (non-hydrogen) atoms. The van der Waals surface area contributed by atoms with Crippen LogP contribution >= 0.6 is 0 Å². The van der Waals surface area contributed by atoms with Crippen molar-refractivity contribution >= 4 is 11.6 Å². The van der Waals surface area contributed by atoms with Gasteiger partial charge in [-0.2, -0.15) is 0 Å². The van der Waals surface area contributed by atoms with Gasteiger partial charge in [0.05, 0.1) is 0 Å². The number of aromatic nitrogens is 2. The number of nitrogens with one attached hydrogen (secondary N) is 1. The van der Waals surface area contributed by atoms with Crippen molar-refractivity contribution in [3.8, 4) is 0 Å². The summed E-state index contributed by atoms with van der Waals surface area (Å²) >= 11 is 0. The van der Waals surface area contributed by atoms with Crippen LogP contribution in [0.1, 0.15) is 26.2 Å². The van der Waals surface area contributed by atoms with E-state index in [1.165, 1.54) is 19.3 Å². The van der Waals surface area contributed by atoms with Crippen LogP contribution in [-0.4, -0.2) is 30.1 Å². The molecule has 1 unspecified atom stereocenters. The molecule has 2 heterocycles. The van der Waals surface area contributed by atoms with Crippen LogP contribution in [0.5, 0.6) is 0 Å². The molecule has 0 aromatic carbocycles. The third-order valence-electron chi connectivity index (χ3n) is 3.25. The Hall–Kier alpha value is -1.32. The third kappa shape index (κ3) is 2.62. The second kappa shape index (κ2) is 5.14. The maximum atomic E-state index is 4.35. The Kier molecular flexibility index (Phi) is 3.59. The van der Waals surface area contributed by atoms with Gasteiger partial charge in [-0.1, -0.05) is 6.92 Å². The molecule has 1 aliphatic rings. The Morgan fingerprint density at radius 2 is 2.19 bits per heavy atom. The molecule has 0 aliphatic carbocycles. The van der Waals surface area contributed by atoms with Gasteiger partial charge in [0, 0.05) is 26.2 Å². The molecule has 1 fully saturated rings. The van der Waals surface area contributed by atoms with E-state index in [4.69, 9.17) is 0 Å². The zero-order valence-corrected chi connectivity index (χ0v) is 10.1. The monoisotopic (exact) mass is 220 g/mol. The number of hydrogen-bond donors (Lipinski definition) is 1. The standard InChI is InChI=1S/C12H20N4/c1-10-4-3-6-16(7-5-10)12-8-11(13-2)14-9-15-12/h8-10H,3-7H2,1-2H3,(H,13,14,15). The van der Waals surface area contributed by atoms with Crippen LogP contribution in [0.15, 0.2) is 12.4 Å². The highest BCUT2D eigenvalue weighted by atomic mass is 15.2. The highest BCUT2D eigenvalue weighted by Crippen LogP contribution is 2.21. The predicted molar refractivity (Wildman–Crippen MR) is 66.8 cm³/mol. The van der Waals surface area contributed by atoms with E-state index in [0.29, 0.717) is 0 Å². The van der Waals surface area contributed by atoms with E-state index < -0.39 is 0 Å². The molecule has 0 amide bonds. The van der Waals surface area contributed by atoms with Gasteiger partial charge in [-0.3, -0.25) is 0 Å². The molecule has 0 spiro atoms. The summed E-state index contributed by atoms with van der Waals surface area (Å²) in [7, 11) is 1.89. The Morgan fingerprint density at radius 1 is 1.31 bits per heavy atom. The fraction of sp³-hybridized carbons (Fsp3) is 0.667. The van der Waals surface area contributed by atoms with Gasteiger partial charge in [-0.15, -0.1) is 0 Å². The number of rotatable bonds is 2. The first-order valence-corrected chi connectivity index (χ1v) is 6.04. The van der Waals surface area contributed by atoms with Crippen molar-refractivity contribution in [2.75, 3.05) is 30.4 Å². The molecule has 1 N–H and O–H groups in total. The van der Waals surface area contributed by atoms with Crippen molar-refractivity contribution in [1.82, 2.24) is 9.97 Å². The minimum absolute atomic E-state index is 0.843. The maximum absolute atomic E-state index is 4.35. The molecule has 1 atom stereocenters. The Labute approximate surface area is 97.1 Å². The van der Waals surface area contributed by atoms with Crippen LogP contribution in [0.2, 0.25) is 0 Å². The highest BCUT2D eigenvalue weighted by Gasteiger charge is 2.15. The number of nitrogens with zero attached hydrogens (tertiary/aromatic N) is 3. The summed E-state index contributed by atoms with van der Waals surface area (Å²) in [5, 5.41) is 3.05. The van der Waals surface area contributed by atoms with Gasteiger partial charge in [-0.05, 0) is 25.2 Å². The normalized spacial score (nSPS) is 21.6. The Bertz CT molecular complexity index is 340. The fourth-order valence-corrected chi connectivity index (χ4v) is 2.15. The lowest BCUT2D eigenvalue weighted by molar-refractivity contribution is 0.521. The molecule has 88 valence electrons. The average molecular weight is 220 g/mol. The van der Waals surface area contributed by atoms with Gasteiger partial charge >= 0.3 is 0 Å². The molecule has 4 heteroatoms. The van der Waals surface area contributed by atoms with Crippen molar-refractivity contribution in [3.05, 3.63) is 12.4 Å². The van der Waals surface area contributed by atoms with E-state index in [1.807, 2.05) is 13.1 Å². The molecular weight excluding hydrogens is 200 g/mol. The van der Waals surface area contributed by atoms with E-state index in [-0.39, 0.29) is 0 Å². The lowest BCUT2D eigenvalue weighted by atomic mass is 10.0. The quantitative estimate of drug-likeness (QED) is 0.829. The maximum Gasteiger partial charge on any atom is 0.134 e. The van der Waals surface area contributed by atoms with E-state index >= 15 is 0 Å². The highest BCUT2D eigenvalue weighted by molar-refractivity contribution is 5.48. The summed E-state index contributed by atoms with van der Waals surface area (Å²) in [6.45, 7) is 4.56. The summed E-state index contributed by atoms with van der Waals surface area (Å²) in [5.41, 5.74) is 0. The first-order chi connectivity index (χ1) is 7.79. The SMILES string of the molecule is CNc1cc(N2CCCC(C)CC2)ncn1. The van der Waals surface area contributed by atoms with Crippen LogP contribution in [0.25, 0.3) is 0 Å². The molecule has 2 rings (SSSR count). The van der Waals surface area contributed by atoms with Gasteiger partial charge in [-0.25, -0.2) is 9.97 Å². The fourth-order valence-electron chi connectivity index (χ4n) is 2.15. The molecule has 0 bridgehead atoms. The first-order valence-electron chi connectivity index (χ1n) is 6.04. The molecule has 4 nitrogen and oxygen atoms in total. The molecule has 0 saturated carbocycles. The average Bonchev–Trinajstić information content (AvgIpc) is 2.54. The van der Waals surface area contributed by atoms with Crippen molar-refractivity contribution < 1.29 is 0 Å². The van der Waals surface area contributed by atoms with Gasteiger partial charge in [0.1, 0.15) is 18.0 Å². The summed E-state index contributed by atoms with van der Waals surface area (Å²) < 4.78 is 0. The first kappa shape index (κ1) is 11.2. The molecule has 1 saturated heterocycles. The minimum Gasteiger partial charge on any atom is -0.373 e. The van der Waals surface area contributed by atoms with Gasteiger partial charge in [0.25, 0.3) is 0 Å². The summed E-state index contributed by atoms with van der Waals surface area (Å²) in [5.74, 6) is 2.78. The van der Waals surface area contributed by atoms with Gasteiger partial charge in [0.2, 0.25) is 0 Å². The zero-order chi connectivity index (χ0) is 11.4. The second-order valence-electron chi connectivity index (χ2n) is 4.53. The smallest absolute Gasteiger partial charge is 0.134 e. The van der Waals surface area contributed by atoms with E-state index in [2.05, 4.69) is 27.1 Å². The van der Waals surface area contributed by atoms with E-state index in [0.717, 1.165) is 30.6 Å². The molecule has 0 radical (unpaired) electrons. The summed E-state index contributed by atoms with van der Waals surface area (Å²) in [4.78, 5) is 10.9. The molecular formula is C12H20N4. The minimum atomic E-state index is 0.843. The number of hydrogen-bond acceptors (Lipinski definition) is 4. The topological polar surface area (TPSA) is 41.0 Å². The largest absolute Gasteiger partial charge is 0.373 e. The van der Waals surface area contributed by atoms with Gasteiger partial charge < -0.3 is 10.2 Å². The lowest BCUT2D eigenvalue weighted by Crippen LogP contribution is -2.25. The van der Waals surface area contributed by atoms with Crippen molar-refractivity contribution in [1.29, 1.82) is 0 Å². The summed E-state index contributed by atoms with van der Waals surface area (Å²) in [6.07, 6.45) is 5.49. The van der Waals surface area contributed by atoms with Crippen LogP contribution in [0, 0.1) is 5.92 Å². The molecule has 1 aromatic rings. The lowest BCUT2D eigenvalue weighted by Gasteiger charge is -2.21. The van der Waals surface area contributed by atoms with Crippen LogP contribution in [0.3, 0.4) is 0 Å². The Morgan fingerprint density at radius 3 is 3.00 bits per heavy atom. The van der Waals surface area contributed by atoms with Crippen molar-refractivity contribution in [2.45, 2.75) is 26.2 Å².